The number of pyridine rings is 1. The summed E-state index contributed by atoms with van der Waals surface area (Å²) in [5.74, 6) is -0.413. The zero-order valence-corrected chi connectivity index (χ0v) is 15.8. The van der Waals surface area contributed by atoms with Gasteiger partial charge >= 0.3 is 6.18 Å². The molecule has 0 radical (unpaired) electrons. The van der Waals surface area contributed by atoms with Crippen molar-refractivity contribution < 1.29 is 18.0 Å². The molecule has 0 spiro atoms. The lowest BCUT2D eigenvalue weighted by atomic mass is 10.1. The highest BCUT2D eigenvalue weighted by atomic mass is 35.5. The van der Waals surface area contributed by atoms with Crippen LogP contribution >= 0.6 is 22.9 Å². The summed E-state index contributed by atoms with van der Waals surface area (Å²) >= 11 is 7.17. The van der Waals surface area contributed by atoms with Crippen LogP contribution in [0.5, 0.6) is 0 Å². The van der Waals surface area contributed by atoms with E-state index in [0.717, 1.165) is 34.8 Å². The molecule has 0 aliphatic rings. The highest BCUT2D eigenvalue weighted by Crippen LogP contribution is 2.39. The number of hydrogen-bond donors (Lipinski definition) is 1. The molecular weight excluding hydrogens is 411 g/mol. The summed E-state index contributed by atoms with van der Waals surface area (Å²) in [6.07, 6.45) is -0.154. The molecule has 0 aliphatic heterocycles. The molecule has 4 aromatic rings. The molecule has 0 saturated heterocycles. The van der Waals surface area contributed by atoms with Gasteiger partial charge in [0.1, 0.15) is 10.5 Å². The largest absolute Gasteiger partial charge is 0.416 e. The normalized spacial score (nSPS) is 12.0. The third-order valence-corrected chi connectivity index (χ3v) is 5.90. The Hall–Kier alpha value is -2.58. The summed E-state index contributed by atoms with van der Waals surface area (Å²) < 4.78 is 40.8. The molecule has 0 saturated carbocycles. The fraction of sp³-hybridized carbons (Fsp3) is 0.158. The first-order valence-corrected chi connectivity index (χ1v) is 9.52. The van der Waals surface area contributed by atoms with Crippen molar-refractivity contribution in [2.75, 3.05) is 6.54 Å². The van der Waals surface area contributed by atoms with Crippen molar-refractivity contribution in [3.63, 3.8) is 0 Å². The van der Waals surface area contributed by atoms with E-state index in [0.29, 0.717) is 23.1 Å². The maximum Gasteiger partial charge on any atom is 0.416 e. The first kappa shape index (κ1) is 18.8. The fourth-order valence-electron chi connectivity index (χ4n) is 2.88. The molecule has 9 heteroatoms. The third kappa shape index (κ3) is 3.57. The number of hydrogen-bond acceptors (Lipinski definition) is 3. The predicted octanol–water partition coefficient (Wildman–Crippen LogP) is 5.19. The molecule has 1 amide bonds. The predicted molar refractivity (Wildman–Crippen MR) is 103 cm³/mol. The zero-order valence-electron chi connectivity index (χ0n) is 14.3. The van der Waals surface area contributed by atoms with Crippen molar-refractivity contribution >= 4 is 44.6 Å². The van der Waals surface area contributed by atoms with E-state index in [2.05, 4.69) is 10.3 Å². The Morgan fingerprint density at radius 3 is 2.82 bits per heavy atom. The average Bonchev–Trinajstić information content (AvgIpc) is 3.21. The molecule has 0 aliphatic carbocycles. The Morgan fingerprint density at radius 2 is 2.07 bits per heavy atom. The lowest BCUT2D eigenvalue weighted by molar-refractivity contribution is -0.137. The number of carbonyl (C=O) groups is 1. The van der Waals surface area contributed by atoms with Gasteiger partial charge < -0.3 is 9.72 Å². The van der Waals surface area contributed by atoms with Crippen molar-refractivity contribution in [3.8, 4) is 0 Å². The van der Waals surface area contributed by atoms with Gasteiger partial charge in [-0.2, -0.15) is 13.2 Å². The average molecular weight is 424 g/mol. The third-order valence-electron chi connectivity index (χ3n) is 4.24. The first-order valence-electron chi connectivity index (χ1n) is 8.33. The second-order valence-corrected chi connectivity index (χ2v) is 7.59. The fourth-order valence-corrected chi connectivity index (χ4v) is 4.35. The van der Waals surface area contributed by atoms with E-state index in [1.54, 1.807) is 0 Å². The number of alkyl halides is 3. The van der Waals surface area contributed by atoms with E-state index in [-0.39, 0.29) is 9.90 Å². The SMILES string of the molecule is O=C(NCCc1cn2ccccc2n1)c1sc2cc(C(F)(F)F)ccc2c1Cl. The highest BCUT2D eigenvalue weighted by molar-refractivity contribution is 7.21. The van der Waals surface area contributed by atoms with Gasteiger partial charge in [-0.05, 0) is 24.3 Å². The van der Waals surface area contributed by atoms with Gasteiger partial charge in [0.2, 0.25) is 0 Å². The first-order chi connectivity index (χ1) is 13.3. The van der Waals surface area contributed by atoms with Gasteiger partial charge in [-0.25, -0.2) is 4.98 Å². The molecule has 1 N–H and O–H groups in total. The quantitative estimate of drug-likeness (QED) is 0.490. The molecular formula is C19H13ClF3N3OS. The molecule has 0 atom stereocenters. The number of aromatic nitrogens is 2. The van der Waals surface area contributed by atoms with Crippen LogP contribution in [0.1, 0.15) is 20.9 Å². The van der Waals surface area contributed by atoms with Crippen molar-refractivity contribution in [3.05, 3.63) is 69.9 Å². The van der Waals surface area contributed by atoms with Crippen molar-refractivity contribution in [1.29, 1.82) is 0 Å². The van der Waals surface area contributed by atoms with Crippen LogP contribution in [0.4, 0.5) is 13.2 Å². The monoisotopic (exact) mass is 423 g/mol. The number of thiophene rings is 1. The van der Waals surface area contributed by atoms with Gasteiger partial charge in [0, 0.05) is 35.4 Å². The van der Waals surface area contributed by atoms with E-state index >= 15 is 0 Å². The van der Waals surface area contributed by atoms with Gasteiger partial charge in [0.25, 0.3) is 5.91 Å². The van der Waals surface area contributed by atoms with Gasteiger partial charge in [-0.1, -0.05) is 23.7 Å². The number of carbonyl (C=O) groups excluding carboxylic acids is 1. The maximum absolute atomic E-state index is 12.9. The summed E-state index contributed by atoms with van der Waals surface area (Å²) in [5, 5.41) is 3.36. The molecule has 4 nitrogen and oxygen atoms in total. The summed E-state index contributed by atoms with van der Waals surface area (Å²) in [6.45, 7) is 0.334. The van der Waals surface area contributed by atoms with Gasteiger partial charge in [0.05, 0.1) is 16.3 Å². The molecule has 3 aromatic heterocycles. The minimum atomic E-state index is -4.44. The van der Waals surface area contributed by atoms with Gasteiger partial charge in [0.15, 0.2) is 0 Å². The minimum absolute atomic E-state index is 0.166. The van der Waals surface area contributed by atoms with Crippen LogP contribution in [-0.4, -0.2) is 21.8 Å². The van der Waals surface area contributed by atoms with E-state index in [1.165, 1.54) is 6.07 Å². The smallest absolute Gasteiger partial charge is 0.351 e. The highest BCUT2D eigenvalue weighted by Gasteiger charge is 2.31. The Morgan fingerprint density at radius 1 is 1.25 bits per heavy atom. The number of amides is 1. The van der Waals surface area contributed by atoms with E-state index in [9.17, 15) is 18.0 Å². The number of nitrogens with zero attached hydrogens (tertiary/aromatic N) is 2. The van der Waals surface area contributed by atoms with Crippen LogP contribution in [0.3, 0.4) is 0 Å². The second kappa shape index (κ2) is 7.10. The molecule has 3 heterocycles. The van der Waals surface area contributed by atoms with Crippen LogP contribution < -0.4 is 5.32 Å². The Balaban J connectivity index is 1.48. The molecule has 1 aromatic carbocycles. The molecule has 28 heavy (non-hydrogen) atoms. The number of benzene rings is 1. The number of halogens is 4. The number of fused-ring (bicyclic) bond motifs is 2. The molecule has 0 fully saturated rings. The van der Waals surface area contributed by atoms with Crippen molar-refractivity contribution in [1.82, 2.24) is 14.7 Å². The van der Waals surface area contributed by atoms with E-state index < -0.39 is 17.6 Å². The molecule has 0 unspecified atom stereocenters. The lowest BCUT2D eigenvalue weighted by Crippen LogP contribution is -2.25. The summed E-state index contributed by atoms with van der Waals surface area (Å²) in [7, 11) is 0. The number of nitrogens with one attached hydrogen (secondary N) is 1. The van der Waals surface area contributed by atoms with Crippen molar-refractivity contribution in [2.24, 2.45) is 0 Å². The lowest BCUT2D eigenvalue weighted by Gasteiger charge is -2.05. The minimum Gasteiger partial charge on any atom is -0.351 e. The van der Waals surface area contributed by atoms with Crippen molar-refractivity contribution in [2.45, 2.75) is 12.6 Å². The van der Waals surface area contributed by atoms with E-state index in [4.69, 9.17) is 11.6 Å². The van der Waals surface area contributed by atoms with Crippen LogP contribution in [0.2, 0.25) is 5.02 Å². The Labute approximate surface area is 166 Å². The van der Waals surface area contributed by atoms with E-state index in [1.807, 2.05) is 35.0 Å². The van der Waals surface area contributed by atoms with Crippen LogP contribution in [0, 0.1) is 0 Å². The molecule has 144 valence electrons. The number of imidazole rings is 1. The van der Waals surface area contributed by atoms with Crippen LogP contribution in [0.15, 0.2) is 48.8 Å². The van der Waals surface area contributed by atoms with Crippen LogP contribution in [-0.2, 0) is 12.6 Å². The number of rotatable bonds is 4. The Bertz CT molecular complexity index is 1150. The molecule has 4 rings (SSSR count). The maximum atomic E-state index is 12.9. The molecule has 0 bridgehead atoms. The standard InChI is InChI=1S/C19H13ClF3N3OS/c20-16-13-5-4-11(19(21,22)23)9-14(13)28-17(16)18(27)24-7-6-12-10-26-8-2-1-3-15(26)25-12/h1-5,8-10H,6-7H2,(H,24,27). The van der Waals surface area contributed by atoms with Crippen LogP contribution in [0.25, 0.3) is 15.7 Å². The summed E-state index contributed by atoms with van der Waals surface area (Å²) in [4.78, 5) is 17.1. The van der Waals surface area contributed by atoms with Gasteiger partial charge in [-0.3, -0.25) is 4.79 Å². The Kier molecular flexibility index (Phi) is 4.76. The summed E-state index contributed by atoms with van der Waals surface area (Å²) in [6, 6.07) is 8.94. The second-order valence-electron chi connectivity index (χ2n) is 6.16. The topological polar surface area (TPSA) is 46.4 Å². The zero-order chi connectivity index (χ0) is 19.9. The summed E-state index contributed by atoms with van der Waals surface area (Å²) in [5.41, 5.74) is 0.873. The van der Waals surface area contributed by atoms with Gasteiger partial charge in [-0.15, -0.1) is 11.3 Å².